The number of hydrogen-bond acceptors (Lipinski definition) is 3. The van der Waals surface area contributed by atoms with Crippen molar-refractivity contribution in [2.45, 2.75) is 38.4 Å². The molecule has 1 N–H and O–H groups in total. The lowest BCUT2D eigenvalue weighted by molar-refractivity contribution is 0.121. The van der Waals surface area contributed by atoms with E-state index in [0.29, 0.717) is 0 Å². The third kappa shape index (κ3) is 3.25. The number of likely N-dealkylation sites (tertiary alicyclic amines) is 1. The summed E-state index contributed by atoms with van der Waals surface area (Å²) in [5, 5.41) is 10.5. The molecule has 2 unspecified atom stereocenters. The summed E-state index contributed by atoms with van der Waals surface area (Å²) in [6, 6.07) is 16.7. The summed E-state index contributed by atoms with van der Waals surface area (Å²) in [7, 11) is 0. The Morgan fingerprint density at radius 1 is 1.19 bits per heavy atom. The van der Waals surface area contributed by atoms with Gasteiger partial charge in [-0.2, -0.15) is 0 Å². The van der Waals surface area contributed by atoms with Crippen molar-refractivity contribution in [2.75, 3.05) is 13.2 Å². The highest BCUT2D eigenvalue weighted by Crippen LogP contribution is 2.31. The molecule has 1 fully saturated rings. The van der Waals surface area contributed by atoms with E-state index in [-0.39, 0.29) is 18.7 Å². The first-order valence-electron chi connectivity index (χ1n) is 9.23. The molecule has 2 heterocycles. The maximum Gasteiger partial charge on any atom is 0.127 e. The van der Waals surface area contributed by atoms with Crippen molar-refractivity contribution in [3.63, 3.8) is 0 Å². The molecule has 0 bridgehead atoms. The number of imidazole rings is 1. The van der Waals surface area contributed by atoms with Crippen LogP contribution in [0.25, 0.3) is 11.0 Å². The molecule has 4 nitrogen and oxygen atoms in total. The fourth-order valence-corrected chi connectivity index (χ4v) is 4.19. The lowest BCUT2D eigenvalue weighted by Crippen LogP contribution is -2.35. The first-order chi connectivity index (χ1) is 12.7. The van der Waals surface area contributed by atoms with Gasteiger partial charge in [-0.1, -0.05) is 35.9 Å². The molecule has 4 rings (SSSR count). The van der Waals surface area contributed by atoms with Gasteiger partial charge in [0.05, 0.1) is 23.7 Å². The predicted octanol–water partition coefficient (Wildman–Crippen LogP) is 4.26. The van der Waals surface area contributed by atoms with Gasteiger partial charge in [-0.3, -0.25) is 4.90 Å². The first kappa shape index (κ1) is 17.5. The smallest absolute Gasteiger partial charge is 0.127 e. The van der Waals surface area contributed by atoms with Crippen molar-refractivity contribution in [1.82, 2.24) is 14.5 Å². The van der Waals surface area contributed by atoms with Gasteiger partial charge >= 0.3 is 0 Å². The Labute approximate surface area is 159 Å². The molecule has 1 aromatic heterocycles. The molecule has 0 saturated carbocycles. The molecule has 0 spiro atoms. The molecule has 0 radical (unpaired) electrons. The molecule has 2 atom stereocenters. The second-order valence-electron chi connectivity index (χ2n) is 7.06. The Bertz CT molecular complexity index is 890. The van der Waals surface area contributed by atoms with Crippen LogP contribution in [-0.4, -0.2) is 38.8 Å². The third-order valence-corrected chi connectivity index (χ3v) is 5.69. The average Bonchev–Trinajstić information content (AvgIpc) is 3.28. The van der Waals surface area contributed by atoms with Gasteiger partial charge < -0.3 is 9.67 Å². The second kappa shape index (κ2) is 7.39. The van der Waals surface area contributed by atoms with E-state index in [9.17, 15) is 5.11 Å². The van der Waals surface area contributed by atoms with E-state index in [2.05, 4.69) is 46.7 Å². The predicted molar refractivity (Wildman–Crippen MR) is 106 cm³/mol. The quantitative estimate of drug-likeness (QED) is 0.730. The minimum atomic E-state index is 0.161. The fraction of sp³-hybridized carbons (Fsp3) is 0.381. The Balaban J connectivity index is 1.75. The van der Waals surface area contributed by atoms with Crippen molar-refractivity contribution >= 4 is 22.6 Å². The van der Waals surface area contributed by atoms with Crippen LogP contribution in [0.4, 0.5) is 0 Å². The van der Waals surface area contributed by atoms with E-state index in [0.717, 1.165) is 47.8 Å². The van der Waals surface area contributed by atoms with Gasteiger partial charge in [0.1, 0.15) is 5.82 Å². The van der Waals surface area contributed by atoms with Gasteiger partial charge in [-0.15, -0.1) is 0 Å². The van der Waals surface area contributed by atoms with Crippen molar-refractivity contribution in [3.05, 3.63) is 64.9 Å². The molecule has 3 aromatic rings. The number of nitrogens with zero attached hydrogens (tertiary/aromatic N) is 3. The fourth-order valence-electron chi connectivity index (χ4n) is 4.06. The highest BCUT2D eigenvalue weighted by atomic mass is 35.5. The number of aliphatic hydroxyl groups excluding tert-OH is 1. The molecule has 5 heteroatoms. The number of benzene rings is 2. The van der Waals surface area contributed by atoms with Gasteiger partial charge in [0, 0.05) is 17.6 Å². The number of fused-ring (bicyclic) bond motifs is 1. The van der Waals surface area contributed by atoms with Gasteiger partial charge in [0.2, 0.25) is 0 Å². The minimum Gasteiger partial charge on any atom is -0.395 e. The van der Waals surface area contributed by atoms with Crippen LogP contribution in [0.5, 0.6) is 0 Å². The number of aliphatic hydroxyl groups is 1. The molecule has 0 amide bonds. The van der Waals surface area contributed by atoms with Gasteiger partial charge in [0.15, 0.2) is 0 Å². The molecular weight excluding hydrogens is 346 g/mol. The summed E-state index contributed by atoms with van der Waals surface area (Å²) in [5.41, 5.74) is 3.36. The zero-order chi connectivity index (χ0) is 18.1. The highest BCUT2D eigenvalue weighted by molar-refractivity contribution is 6.30. The van der Waals surface area contributed by atoms with Gasteiger partial charge in [-0.05, 0) is 56.1 Å². The minimum absolute atomic E-state index is 0.161. The van der Waals surface area contributed by atoms with Crippen LogP contribution in [0.2, 0.25) is 5.02 Å². The molecule has 0 aliphatic carbocycles. The van der Waals surface area contributed by atoms with Crippen molar-refractivity contribution < 1.29 is 5.11 Å². The van der Waals surface area contributed by atoms with Crippen LogP contribution in [0.3, 0.4) is 0 Å². The average molecular weight is 370 g/mol. The zero-order valence-corrected chi connectivity index (χ0v) is 15.7. The van der Waals surface area contributed by atoms with Crippen LogP contribution in [0.1, 0.15) is 37.2 Å². The Kier molecular flexibility index (Phi) is 4.98. The number of halogens is 1. The van der Waals surface area contributed by atoms with Crippen LogP contribution in [0.15, 0.2) is 48.5 Å². The molecule has 136 valence electrons. The van der Waals surface area contributed by atoms with Crippen LogP contribution in [0, 0.1) is 0 Å². The van der Waals surface area contributed by atoms with E-state index in [1.54, 1.807) is 0 Å². The lowest BCUT2D eigenvalue weighted by atomic mass is 10.2. The van der Waals surface area contributed by atoms with Crippen LogP contribution in [-0.2, 0) is 6.54 Å². The normalized spacial score (nSPS) is 19.3. The number of rotatable bonds is 5. The number of hydrogen-bond donors (Lipinski definition) is 1. The van der Waals surface area contributed by atoms with E-state index < -0.39 is 0 Å². The highest BCUT2D eigenvalue weighted by Gasteiger charge is 2.31. The summed E-state index contributed by atoms with van der Waals surface area (Å²) in [4.78, 5) is 7.34. The monoisotopic (exact) mass is 369 g/mol. The topological polar surface area (TPSA) is 41.3 Å². The standard InChI is InChI=1S/C21H24ClN3O/c1-15(24-12-4-5-18(24)14-26)21-23-19-6-2-3-7-20(19)25(21)13-16-8-10-17(22)11-9-16/h2-3,6-11,15,18,26H,4-5,12-14H2,1H3. The van der Waals surface area contributed by atoms with Crippen LogP contribution < -0.4 is 0 Å². The molecule has 2 aromatic carbocycles. The Morgan fingerprint density at radius 3 is 2.73 bits per heavy atom. The summed E-state index contributed by atoms with van der Waals surface area (Å²) in [6.45, 7) is 4.18. The van der Waals surface area contributed by atoms with Gasteiger partial charge in [0.25, 0.3) is 0 Å². The van der Waals surface area contributed by atoms with Crippen molar-refractivity contribution in [2.24, 2.45) is 0 Å². The molecule has 1 aliphatic rings. The Morgan fingerprint density at radius 2 is 1.96 bits per heavy atom. The SMILES string of the molecule is CC(c1nc2ccccc2n1Cc1ccc(Cl)cc1)N1CCCC1CO. The lowest BCUT2D eigenvalue weighted by Gasteiger charge is -2.29. The summed E-state index contributed by atoms with van der Waals surface area (Å²) in [6.07, 6.45) is 2.19. The third-order valence-electron chi connectivity index (χ3n) is 5.44. The molecule has 1 aliphatic heterocycles. The maximum atomic E-state index is 9.72. The maximum absolute atomic E-state index is 9.72. The number of aromatic nitrogens is 2. The van der Waals surface area contributed by atoms with Gasteiger partial charge in [-0.25, -0.2) is 4.98 Å². The second-order valence-corrected chi connectivity index (χ2v) is 7.50. The largest absolute Gasteiger partial charge is 0.395 e. The van der Waals surface area contributed by atoms with Crippen molar-refractivity contribution in [1.29, 1.82) is 0 Å². The Hall–Kier alpha value is -1.88. The van der Waals surface area contributed by atoms with Crippen molar-refractivity contribution in [3.8, 4) is 0 Å². The first-order valence-corrected chi connectivity index (χ1v) is 9.61. The van der Waals surface area contributed by atoms with Crippen LogP contribution >= 0.6 is 11.6 Å². The van der Waals surface area contributed by atoms with E-state index >= 15 is 0 Å². The summed E-state index contributed by atoms with van der Waals surface area (Å²) in [5.74, 6) is 1.06. The summed E-state index contributed by atoms with van der Waals surface area (Å²) < 4.78 is 2.30. The van der Waals surface area contributed by atoms with E-state index in [1.807, 2.05) is 18.2 Å². The number of para-hydroxylation sites is 2. The molecule has 26 heavy (non-hydrogen) atoms. The summed E-state index contributed by atoms with van der Waals surface area (Å²) >= 11 is 6.04. The zero-order valence-electron chi connectivity index (χ0n) is 15.0. The molecule has 1 saturated heterocycles. The van der Waals surface area contributed by atoms with E-state index in [4.69, 9.17) is 16.6 Å². The van der Waals surface area contributed by atoms with E-state index in [1.165, 1.54) is 5.56 Å². The molecular formula is C21H24ClN3O.